The molecule has 1 aromatic carbocycles. The summed E-state index contributed by atoms with van der Waals surface area (Å²) in [5, 5.41) is 11.0. The van der Waals surface area contributed by atoms with Crippen LogP contribution in [0.2, 0.25) is 0 Å². The summed E-state index contributed by atoms with van der Waals surface area (Å²) in [6.45, 7) is 2.41. The van der Waals surface area contributed by atoms with Crippen molar-refractivity contribution >= 4 is 11.9 Å². The molecule has 0 spiro atoms. The Labute approximate surface area is 120 Å². The number of rotatable bonds is 5. The standard InChI is InChI=1S/C14H16F3NO3/c1-13(2,12(20)21)18-11(19)8-10(14(15,16)17)9-6-4-3-5-7-9/h3-7,10H,8H2,1-2H3,(H,18,19)(H,20,21). The molecule has 0 aromatic heterocycles. The molecule has 116 valence electrons. The van der Waals surface area contributed by atoms with E-state index in [0.29, 0.717) is 0 Å². The van der Waals surface area contributed by atoms with Crippen molar-refractivity contribution in [1.29, 1.82) is 0 Å². The van der Waals surface area contributed by atoms with Gasteiger partial charge in [-0.1, -0.05) is 30.3 Å². The molecule has 0 saturated carbocycles. The molecule has 0 fully saturated rings. The highest BCUT2D eigenvalue weighted by atomic mass is 19.4. The van der Waals surface area contributed by atoms with Gasteiger partial charge >= 0.3 is 12.1 Å². The van der Waals surface area contributed by atoms with E-state index in [-0.39, 0.29) is 5.56 Å². The van der Waals surface area contributed by atoms with Crippen molar-refractivity contribution in [3.8, 4) is 0 Å². The first kappa shape index (κ1) is 17.0. The summed E-state index contributed by atoms with van der Waals surface area (Å²) in [5.74, 6) is -4.25. The van der Waals surface area contributed by atoms with E-state index in [9.17, 15) is 22.8 Å². The molecule has 0 saturated heterocycles. The number of alkyl halides is 3. The maximum Gasteiger partial charge on any atom is 0.396 e. The van der Waals surface area contributed by atoms with Gasteiger partial charge in [0.05, 0.1) is 5.92 Å². The lowest BCUT2D eigenvalue weighted by molar-refractivity contribution is -0.158. The van der Waals surface area contributed by atoms with Gasteiger partial charge in [0.15, 0.2) is 0 Å². The van der Waals surface area contributed by atoms with Crippen LogP contribution in [0.5, 0.6) is 0 Å². The molecular formula is C14H16F3NO3. The fraction of sp³-hybridized carbons (Fsp3) is 0.429. The second-order valence-corrected chi connectivity index (χ2v) is 5.19. The number of carbonyl (C=O) groups is 2. The number of amides is 1. The van der Waals surface area contributed by atoms with Gasteiger partial charge in [-0.25, -0.2) is 4.79 Å². The van der Waals surface area contributed by atoms with Crippen LogP contribution in [0.15, 0.2) is 30.3 Å². The monoisotopic (exact) mass is 303 g/mol. The largest absolute Gasteiger partial charge is 0.480 e. The summed E-state index contributed by atoms with van der Waals surface area (Å²) >= 11 is 0. The average Bonchev–Trinajstić information content (AvgIpc) is 2.35. The Balaban J connectivity index is 2.89. The summed E-state index contributed by atoms with van der Waals surface area (Å²) in [4.78, 5) is 22.6. The number of carboxylic acid groups (broad SMARTS) is 1. The number of carboxylic acids is 1. The van der Waals surface area contributed by atoms with E-state index in [1.54, 1.807) is 6.07 Å². The summed E-state index contributed by atoms with van der Waals surface area (Å²) in [7, 11) is 0. The smallest absolute Gasteiger partial charge is 0.396 e. The fourth-order valence-electron chi connectivity index (χ4n) is 1.75. The Morgan fingerprint density at radius 1 is 1.19 bits per heavy atom. The molecule has 0 aliphatic carbocycles. The Morgan fingerprint density at radius 2 is 1.71 bits per heavy atom. The molecule has 1 atom stereocenters. The van der Waals surface area contributed by atoms with E-state index in [1.165, 1.54) is 38.1 Å². The second kappa shape index (κ2) is 6.15. The Bertz CT molecular complexity index is 512. The molecule has 7 heteroatoms. The van der Waals surface area contributed by atoms with Crippen LogP contribution in [0.25, 0.3) is 0 Å². The Morgan fingerprint density at radius 3 is 2.14 bits per heavy atom. The number of halogens is 3. The van der Waals surface area contributed by atoms with Gasteiger partial charge in [-0.3, -0.25) is 4.79 Å². The van der Waals surface area contributed by atoms with Crippen LogP contribution < -0.4 is 5.32 Å². The first-order chi connectivity index (χ1) is 9.54. The van der Waals surface area contributed by atoms with Gasteiger partial charge in [0.1, 0.15) is 5.54 Å². The van der Waals surface area contributed by atoms with Crippen LogP contribution in [0.1, 0.15) is 31.7 Å². The van der Waals surface area contributed by atoms with Crippen molar-refractivity contribution in [1.82, 2.24) is 5.32 Å². The zero-order valence-corrected chi connectivity index (χ0v) is 11.6. The van der Waals surface area contributed by atoms with Crippen molar-refractivity contribution in [2.45, 2.75) is 37.9 Å². The van der Waals surface area contributed by atoms with E-state index in [0.717, 1.165) is 0 Å². The van der Waals surface area contributed by atoms with Gasteiger partial charge in [-0.2, -0.15) is 13.2 Å². The van der Waals surface area contributed by atoms with E-state index < -0.39 is 35.9 Å². The van der Waals surface area contributed by atoms with Crippen LogP contribution in [0.4, 0.5) is 13.2 Å². The number of hydrogen-bond donors (Lipinski definition) is 2. The van der Waals surface area contributed by atoms with Crippen LogP contribution in [0.3, 0.4) is 0 Å². The van der Waals surface area contributed by atoms with Gasteiger partial charge in [-0.15, -0.1) is 0 Å². The van der Waals surface area contributed by atoms with Gasteiger partial charge in [0.2, 0.25) is 5.91 Å². The highest BCUT2D eigenvalue weighted by Crippen LogP contribution is 2.37. The van der Waals surface area contributed by atoms with Crippen LogP contribution in [-0.2, 0) is 9.59 Å². The van der Waals surface area contributed by atoms with Gasteiger partial charge in [0, 0.05) is 6.42 Å². The third-order valence-electron chi connectivity index (χ3n) is 2.97. The first-order valence-corrected chi connectivity index (χ1v) is 6.20. The minimum Gasteiger partial charge on any atom is -0.480 e. The van der Waals surface area contributed by atoms with Crippen molar-refractivity contribution in [2.24, 2.45) is 0 Å². The van der Waals surface area contributed by atoms with E-state index in [2.05, 4.69) is 5.32 Å². The first-order valence-electron chi connectivity index (χ1n) is 6.20. The lowest BCUT2D eigenvalue weighted by atomic mass is 9.94. The molecule has 0 aliphatic heterocycles. The van der Waals surface area contributed by atoms with Crippen LogP contribution >= 0.6 is 0 Å². The maximum absolute atomic E-state index is 13.1. The van der Waals surface area contributed by atoms with E-state index in [1.807, 2.05) is 0 Å². The fourth-order valence-corrected chi connectivity index (χ4v) is 1.75. The number of carbonyl (C=O) groups excluding carboxylic acids is 1. The summed E-state index contributed by atoms with van der Waals surface area (Å²) in [6.07, 6.45) is -5.45. The van der Waals surface area contributed by atoms with Crippen LogP contribution in [0, 0.1) is 0 Å². The molecule has 1 unspecified atom stereocenters. The summed E-state index contributed by atoms with van der Waals surface area (Å²) in [6, 6.07) is 7.05. The molecular weight excluding hydrogens is 287 g/mol. The Kier molecular flexibility index (Phi) is 4.98. The molecule has 1 aromatic rings. The lowest BCUT2D eigenvalue weighted by Gasteiger charge is -2.24. The number of benzene rings is 1. The van der Waals surface area contributed by atoms with E-state index >= 15 is 0 Å². The minimum absolute atomic E-state index is 0.0340. The second-order valence-electron chi connectivity index (χ2n) is 5.19. The number of nitrogens with one attached hydrogen (secondary N) is 1. The highest BCUT2D eigenvalue weighted by molar-refractivity contribution is 5.86. The van der Waals surface area contributed by atoms with Crippen molar-refractivity contribution in [3.63, 3.8) is 0 Å². The third kappa shape index (κ3) is 4.77. The highest BCUT2D eigenvalue weighted by Gasteiger charge is 2.42. The Hall–Kier alpha value is -2.05. The minimum atomic E-state index is -4.59. The molecule has 4 nitrogen and oxygen atoms in total. The van der Waals surface area contributed by atoms with Gasteiger partial charge in [-0.05, 0) is 19.4 Å². The molecule has 1 amide bonds. The van der Waals surface area contributed by atoms with Crippen LogP contribution in [-0.4, -0.2) is 28.7 Å². The molecule has 0 bridgehead atoms. The molecule has 21 heavy (non-hydrogen) atoms. The number of aliphatic carboxylic acids is 1. The average molecular weight is 303 g/mol. The van der Waals surface area contributed by atoms with Crippen molar-refractivity contribution in [2.75, 3.05) is 0 Å². The summed E-state index contributed by atoms with van der Waals surface area (Å²) in [5.41, 5.74) is -1.66. The molecule has 0 heterocycles. The SMILES string of the molecule is CC(C)(NC(=O)CC(c1ccccc1)C(F)(F)F)C(=O)O. The maximum atomic E-state index is 13.1. The summed E-state index contributed by atoms with van der Waals surface area (Å²) < 4.78 is 39.2. The van der Waals surface area contributed by atoms with E-state index in [4.69, 9.17) is 5.11 Å². The molecule has 0 aliphatic rings. The zero-order valence-electron chi connectivity index (χ0n) is 11.6. The predicted molar refractivity (Wildman–Crippen MR) is 69.7 cm³/mol. The molecule has 1 rings (SSSR count). The lowest BCUT2D eigenvalue weighted by Crippen LogP contribution is -2.50. The quantitative estimate of drug-likeness (QED) is 0.879. The third-order valence-corrected chi connectivity index (χ3v) is 2.97. The zero-order chi connectivity index (χ0) is 16.3. The molecule has 0 radical (unpaired) electrons. The molecule has 2 N–H and O–H groups in total. The van der Waals surface area contributed by atoms with Gasteiger partial charge in [0.25, 0.3) is 0 Å². The number of hydrogen-bond acceptors (Lipinski definition) is 2. The predicted octanol–water partition coefficient (Wildman–Crippen LogP) is 2.70. The topological polar surface area (TPSA) is 66.4 Å². The normalized spacial score (nSPS) is 13.6. The van der Waals surface area contributed by atoms with Gasteiger partial charge < -0.3 is 10.4 Å². The van der Waals surface area contributed by atoms with Crippen molar-refractivity contribution in [3.05, 3.63) is 35.9 Å². The van der Waals surface area contributed by atoms with Crippen molar-refractivity contribution < 1.29 is 27.9 Å².